The van der Waals surface area contributed by atoms with Crippen LogP contribution in [0, 0.1) is 12.3 Å². The number of hydrogen-bond acceptors (Lipinski definition) is 3. The molecule has 1 N–H and O–H groups in total. The van der Waals surface area contributed by atoms with Crippen molar-refractivity contribution in [1.29, 1.82) is 0 Å². The van der Waals surface area contributed by atoms with E-state index in [1.165, 1.54) is 0 Å². The van der Waals surface area contributed by atoms with Crippen LogP contribution in [0.1, 0.15) is 0 Å². The third-order valence-electron chi connectivity index (χ3n) is 1.82. The molecule has 0 aromatic heterocycles. The summed E-state index contributed by atoms with van der Waals surface area (Å²) in [4.78, 5) is 11.1. The third-order valence-corrected chi connectivity index (χ3v) is 1.82. The van der Waals surface area contributed by atoms with Crippen molar-refractivity contribution in [3.8, 4) is 23.8 Å². The van der Waals surface area contributed by atoms with E-state index < -0.39 is 0 Å². The molecule has 84 valence electrons. The molecule has 4 nitrogen and oxygen atoms in total. The maximum Gasteiger partial charge on any atom is 0.258 e. The molecule has 0 spiro atoms. The Morgan fingerprint density at radius 2 is 2.00 bits per heavy atom. The van der Waals surface area contributed by atoms with Gasteiger partial charge in [0.1, 0.15) is 11.5 Å². The molecular formula is C12H13NO3. The number of nitrogens with one attached hydrogen (secondary N) is 1. The largest absolute Gasteiger partial charge is 0.497 e. The molecule has 0 aliphatic carbocycles. The van der Waals surface area contributed by atoms with Gasteiger partial charge in [-0.15, -0.1) is 6.42 Å². The molecule has 1 aromatic rings. The number of methoxy groups -OCH3 is 1. The zero-order chi connectivity index (χ0) is 11.8. The van der Waals surface area contributed by atoms with E-state index in [1.807, 2.05) is 0 Å². The Morgan fingerprint density at radius 3 is 2.56 bits per heavy atom. The standard InChI is InChI=1S/C12H13NO3/c1-3-8-13-12(14)9-16-11-6-4-10(15-2)5-7-11/h1,4-7H,8-9H2,2H3,(H,13,14). The van der Waals surface area contributed by atoms with Crippen LogP contribution in [0.2, 0.25) is 0 Å². The second-order valence-electron chi connectivity index (χ2n) is 2.95. The number of amides is 1. The van der Waals surface area contributed by atoms with Crippen LogP contribution in [0.15, 0.2) is 24.3 Å². The highest BCUT2D eigenvalue weighted by Gasteiger charge is 2.01. The van der Waals surface area contributed by atoms with Crippen molar-refractivity contribution in [1.82, 2.24) is 5.32 Å². The second kappa shape index (κ2) is 6.36. The zero-order valence-electron chi connectivity index (χ0n) is 9.03. The highest BCUT2D eigenvalue weighted by Crippen LogP contribution is 2.16. The van der Waals surface area contributed by atoms with E-state index in [0.717, 1.165) is 5.75 Å². The molecule has 4 heteroatoms. The van der Waals surface area contributed by atoms with Gasteiger partial charge in [-0.3, -0.25) is 4.79 Å². The summed E-state index contributed by atoms with van der Waals surface area (Å²) >= 11 is 0. The third kappa shape index (κ3) is 3.93. The van der Waals surface area contributed by atoms with Gasteiger partial charge in [-0.05, 0) is 24.3 Å². The average Bonchev–Trinajstić information content (AvgIpc) is 2.34. The fourth-order valence-electron chi connectivity index (χ4n) is 1.02. The summed E-state index contributed by atoms with van der Waals surface area (Å²) in [7, 11) is 1.59. The van der Waals surface area contributed by atoms with Gasteiger partial charge < -0.3 is 14.8 Å². The molecule has 16 heavy (non-hydrogen) atoms. The van der Waals surface area contributed by atoms with E-state index in [9.17, 15) is 4.79 Å². The quantitative estimate of drug-likeness (QED) is 0.746. The van der Waals surface area contributed by atoms with Gasteiger partial charge in [0.2, 0.25) is 0 Å². The number of hydrogen-bond donors (Lipinski definition) is 1. The van der Waals surface area contributed by atoms with Crippen LogP contribution in [0.4, 0.5) is 0 Å². The minimum Gasteiger partial charge on any atom is -0.497 e. The van der Waals surface area contributed by atoms with Crippen LogP contribution in [-0.2, 0) is 4.79 Å². The average molecular weight is 219 g/mol. The van der Waals surface area contributed by atoms with Gasteiger partial charge in [0.05, 0.1) is 13.7 Å². The summed E-state index contributed by atoms with van der Waals surface area (Å²) in [5.74, 6) is 3.41. The maximum atomic E-state index is 11.1. The van der Waals surface area contributed by atoms with Gasteiger partial charge in [-0.1, -0.05) is 5.92 Å². The lowest BCUT2D eigenvalue weighted by atomic mass is 10.3. The van der Waals surface area contributed by atoms with E-state index in [1.54, 1.807) is 31.4 Å². The smallest absolute Gasteiger partial charge is 0.258 e. The van der Waals surface area contributed by atoms with Crippen molar-refractivity contribution in [2.75, 3.05) is 20.3 Å². The molecule has 0 aliphatic rings. The van der Waals surface area contributed by atoms with Crippen molar-refractivity contribution in [2.24, 2.45) is 0 Å². The molecular weight excluding hydrogens is 206 g/mol. The Bertz CT molecular complexity index is 378. The minimum absolute atomic E-state index is 0.0476. The summed E-state index contributed by atoms with van der Waals surface area (Å²) in [6.07, 6.45) is 5.00. The Hall–Kier alpha value is -2.15. The highest BCUT2D eigenvalue weighted by molar-refractivity contribution is 5.77. The first kappa shape index (κ1) is 11.9. The Labute approximate surface area is 94.6 Å². The topological polar surface area (TPSA) is 47.6 Å². The Morgan fingerprint density at radius 1 is 1.38 bits per heavy atom. The molecule has 0 atom stereocenters. The van der Waals surface area contributed by atoms with Crippen LogP contribution in [-0.4, -0.2) is 26.2 Å². The number of terminal acetylenes is 1. The Balaban J connectivity index is 2.37. The molecule has 0 saturated carbocycles. The number of carbonyl (C=O) groups is 1. The van der Waals surface area contributed by atoms with Gasteiger partial charge in [0.25, 0.3) is 5.91 Å². The second-order valence-corrected chi connectivity index (χ2v) is 2.95. The predicted octanol–water partition coefficient (Wildman–Crippen LogP) is 0.823. The van der Waals surface area contributed by atoms with E-state index >= 15 is 0 Å². The predicted molar refractivity (Wildman–Crippen MR) is 60.3 cm³/mol. The first-order chi connectivity index (χ1) is 7.76. The first-order valence-corrected chi connectivity index (χ1v) is 4.73. The SMILES string of the molecule is C#CCNC(=O)COc1ccc(OC)cc1. The fourth-order valence-corrected chi connectivity index (χ4v) is 1.02. The van der Waals surface area contributed by atoms with Crippen molar-refractivity contribution in [3.63, 3.8) is 0 Å². The van der Waals surface area contributed by atoms with Crippen LogP contribution in [0.25, 0.3) is 0 Å². The van der Waals surface area contributed by atoms with E-state index in [2.05, 4.69) is 11.2 Å². The molecule has 0 aliphatic heterocycles. The monoisotopic (exact) mass is 219 g/mol. The summed E-state index contributed by atoms with van der Waals surface area (Å²) < 4.78 is 10.2. The first-order valence-electron chi connectivity index (χ1n) is 4.73. The molecule has 0 saturated heterocycles. The molecule has 1 amide bonds. The molecule has 0 bridgehead atoms. The summed E-state index contributed by atoms with van der Waals surface area (Å²) in [5.41, 5.74) is 0. The molecule has 0 radical (unpaired) electrons. The summed E-state index contributed by atoms with van der Waals surface area (Å²) in [6.45, 7) is 0.165. The Kier molecular flexibility index (Phi) is 4.74. The summed E-state index contributed by atoms with van der Waals surface area (Å²) in [5, 5.41) is 2.50. The van der Waals surface area contributed by atoms with Gasteiger partial charge in [0.15, 0.2) is 6.61 Å². The van der Waals surface area contributed by atoms with E-state index in [0.29, 0.717) is 5.75 Å². The fraction of sp³-hybridized carbons (Fsp3) is 0.250. The lowest BCUT2D eigenvalue weighted by Gasteiger charge is -2.06. The van der Waals surface area contributed by atoms with Gasteiger partial charge in [-0.25, -0.2) is 0 Å². The molecule has 0 heterocycles. The highest BCUT2D eigenvalue weighted by atomic mass is 16.5. The molecule has 0 fully saturated rings. The summed E-state index contributed by atoms with van der Waals surface area (Å²) in [6, 6.07) is 6.98. The number of benzene rings is 1. The maximum absolute atomic E-state index is 11.1. The lowest BCUT2D eigenvalue weighted by molar-refractivity contribution is -0.122. The number of ether oxygens (including phenoxy) is 2. The van der Waals surface area contributed by atoms with Crippen molar-refractivity contribution >= 4 is 5.91 Å². The number of carbonyl (C=O) groups excluding carboxylic acids is 1. The number of rotatable bonds is 5. The van der Waals surface area contributed by atoms with Crippen LogP contribution < -0.4 is 14.8 Å². The lowest BCUT2D eigenvalue weighted by Crippen LogP contribution is -2.28. The van der Waals surface area contributed by atoms with Crippen molar-refractivity contribution < 1.29 is 14.3 Å². The molecule has 0 unspecified atom stereocenters. The minimum atomic E-state index is -0.242. The molecule has 1 rings (SSSR count). The van der Waals surface area contributed by atoms with Crippen molar-refractivity contribution in [2.45, 2.75) is 0 Å². The van der Waals surface area contributed by atoms with Gasteiger partial charge >= 0.3 is 0 Å². The van der Waals surface area contributed by atoms with Crippen LogP contribution in [0.5, 0.6) is 11.5 Å². The van der Waals surface area contributed by atoms with Gasteiger partial charge in [0, 0.05) is 0 Å². The normalized spacial score (nSPS) is 9.00. The zero-order valence-corrected chi connectivity index (χ0v) is 9.03. The van der Waals surface area contributed by atoms with E-state index in [4.69, 9.17) is 15.9 Å². The van der Waals surface area contributed by atoms with E-state index in [-0.39, 0.29) is 19.1 Å². The van der Waals surface area contributed by atoms with Crippen LogP contribution >= 0.6 is 0 Å². The molecule has 1 aromatic carbocycles. The van der Waals surface area contributed by atoms with Crippen molar-refractivity contribution in [3.05, 3.63) is 24.3 Å². The van der Waals surface area contributed by atoms with Crippen LogP contribution in [0.3, 0.4) is 0 Å². The van der Waals surface area contributed by atoms with Gasteiger partial charge in [-0.2, -0.15) is 0 Å².